The van der Waals surface area contributed by atoms with Crippen LogP contribution in [0.4, 0.5) is 5.69 Å². The zero-order valence-corrected chi connectivity index (χ0v) is 13.1. The van der Waals surface area contributed by atoms with Crippen LogP contribution in [-0.4, -0.2) is 12.0 Å². The Hall–Kier alpha value is -1.09. The first-order chi connectivity index (χ1) is 8.47. The molecule has 2 aromatic rings. The van der Waals surface area contributed by atoms with Crippen molar-refractivity contribution in [2.75, 3.05) is 12.4 Å². The number of pyridine rings is 1. The highest BCUT2D eigenvalue weighted by atomic mass is 79.9. The van der Waals surface area contributed by atoms with E-state index in [1.54, 1.807) is 0 Å². The van der Waals surface area contributed by atoms with Gasteiger partial charge in [0.25, 0.3) is 0 Å². The van der Waals surface area contributed by atoms with Gasteiger partial charge in [-0.2, -0.15) is 0 Å². The number of nitrogens with one attached hydrogen (secondary N) is 1. The Morgan fingerprint density at radius 3 is 2.44 bits per heavy atom. The molecule has 1 aromatic heterocycles. The van der Waals surface area contributed by atoms with Crippen LogP contribution in [0.5, 0.6) is 0 Å². The molecule has 1 aromatic carbocycles. The fourth-order valence-electron chi connectivity index (χ4n) is 2.60. The molecule has 0 aliphatic heterocycles. The minimum absolute atomic E-state index is 0.461. The van der Waals surface area contributed by atoms with Crippen molar-refractivity contribution >= 4 is 32.5 Å². The van der Waals surface area contributed by atoms with Gasteiger partial charge in [-0.15, -0.1) is 0 Å². The van der Waals surface area contributed by atoms with Crippen LogP contribution in [0.25, 0.3) is 10.9 Å². The van der Waals surface area contributed by atoms with Gasteiger partial charge in [-0.1, -0.05) is 19.9 Å². The molecule has 0 unspecified atom stereocenters. The zero-order chi connectivity index (χ0) is 13.4. The molecule has 0 saturated carbocycles. The van der Waals surface area contributed by atoms with Gasteiger partial charge in [-0.25, -0.2) is 0 Å². The summed E-state index contributed by atoms with van der Waals surface area (Å²) in [5.74, 6) is 0.461. The van der Waals surface area contributed by atoms with E-state index in [1.807, 2.05) is 7.05 Å². The number of fused-ring (bicyclic) bond motifs is 1. The number of benzene rings is 1. The lowest BCUT2D eigenvalue weighted by Gasteiger charge is -2.19. The first-order valence-corrected chi connectivity index (χ1v) is 7.03. The van der Waals surface area contributed by atoms with Crippen LogP contribution in [0.2, 0.25) is 0 Å². The van der Waals surface area contributed by atoms with E-state index in [9.17, 15) is 0 Å². The van der Waals surface area contributed by atoms with E-state index < -0.39 is 0 Å². The van der Waals surface area contributed by atoms with Gasteiger partial charge < -0.3 is 5.32 Å². The van der Waals surface area contributed by atoms with Crippen molar-refractivity contribution in [3.05, 3.63) is 33.4 Å². The SMILES string of the molecule is CNc1c(C(C)C)c(C)nc2c(Br)ccc(C)c12. The molecule has 0 fully saturated rings. The molecular formula is C15H19BrN2. The molecule has 0 aliphatic rings. The summed E-state index contributed by atoms with van der Waals surface area (Å²) >= 11 is 3.60. The Labute approximate surface area is 117 Å². The molecule has 1 heterocycles. The van der Waals surface area contributed by atoms with Crippen molar-refractivity contribution in [1.29, 1.82) is 0 Å². The maximum absolute atomic E-state index is 4.78. The Kier molecular flexibility index (Phi) is 3.62. The van der Waals surface area contributed by atoms with E-state index in [-0.39, 0.29) is 0 Å². The number of rotatable bonds is 2. The number of anilines is 1. The second-order valence-electron chi connectivity index (χ2n) is 4.98. The van der Waals surface area contributed by atoms with Gasteiger partial charge in [0.1, 0.15) is 0 Å². The van der Waals surface area contributed by atoms with E-state index in [1.165, 1.54) is 22.2 Å². The Balaban J connectivity index is 2.99. The third-order valence-corrected chi connectivity index (χ3v) is 3.99. The lowest BCUT2D eigenvalue weighted by atomic mass is 9.95. The van der Waals surface area contributed by atoms with Crippen molar-refractivity contribution in [3.8, 4) is 0 Å². The molecule has 2 rings (SSSR count). The third-order valence-electron chi connectivity index (χ3n) is 3.35. The van der Waals surface area contributed by atoms with Gasteiger partial charge in [0, 0.05) is 28.3 Å². The van der Waals surface area contributed by atoms with Crippen molar-refractivity contribution in [2.24, 2.45) is 0 Å². The Morgan fingerprint density at radius 2 is 1.89 bits per heavy atom. The van der Waals surface area contributed by atoms with Crippen LogP contribution in [0, 0.1) is 13.8 Å². The third kappa shape index (κ3) is 2.01. The first-order valence-electron chi connectivity index (χ1n) is 6.24. The summed E-state index contributed by atoms with van der Waals surface area (Å²) in [6.45, 7) is 8.65. The second kappa shape index (κ2) is 4.88. The summed E-state index contributed by atoms with van der Waals surface area (Å²) in [7, 11) is 1.99. The highest BCUT2D eigenvalue weighted by Crippen LogP contribution is 2.37. The first kappa shape index (κ1) is 13.3. The molecular weight excluding hydrogens is 288 g/mol. The van der Waals surface area contributed by atoms with Crippen molar-refractivity contribution in [2.45, 2.75) is 33.6 Å². The molecule has 0 saturated heterocycles. The Morgan fingerprint density at radius 1 is 1.22 bits per heavy atom. The maximum atomic E-state index is 4.78. The van der Waals surface area contributed by atoms with Crippen LogP contribution in [-0.2, 0) is 0 Å². The minimum atomic E-state index is 0.461. The van der Waals surface area contributed by atoms with Crippen LogP contribution in [0.1, 0.15) is 36.6 Å². The van der Waals surface area contributed by atoms with Gasteiger partial charge >= 0.3 is 0 Å². The Bertz CT molecular complexity index is 603. The minimum Gasteiger partial charge on any atom is -0.387 e. The largest absolute Gasteiger partial charge is 0.387 e. The number of hydrogen-bond donors (Lipinski definition) is 1. The molecule has 2 nitrogen and oxygen atoms in total. The molecule has 0 amide bonds. The molecule has 0 bridgehead atoms. The molecule has 96 valence electrons. The molecule has 0 radical (unpaired) electrons. The monoisotopic (exact) mass is 306 g/mol. The number of aromatic nitrogens is 1. The summed E-state index contributed by atoms with van der Waals surface area (Å²) in [6, 6.07) is 4.20. The summed E-state index contributed by atoms with van der Waals surface area (Å²) < 4.78 is 1.05. The maximum Gasteiger partial charge on any atom is 0.0870 e. The average molecular weight is 307 g/mol. The van der Waals surface area contributed by atoms with Gasteiger partial charge in [0.2, 0.25) is 0 Å². The zero-order valence-electron chi connectivity index (χ0n) is 11.6. The van der Waals surface area contributed by atoms with E-state index in [0.717, 1.165) is 15.7 Å². The molecule has 0 aliphatic carbocycles. The molecule has 0 atom stereocenters. The molecule has 3 heteroatoms. The van der Waals surface area contributed by atoms with Gasteiger partial charge in [-0.3, -0.25) is 4.98 Å². The smallest absolute Gasteiger partial charge is 0.0870 e. The van der Waals surface area contributed by atoms with E-state index in [0.29, 0.717) is 5.92 Å². The molecule has 1 N–H and O–H groups in total. The molecule has 0 spiro atoms. The van der Waals surface area contributed by atoms with Crippen molar-refractivity contribution in [3.63, 3.8) is 0 Å². The highest BCUT2D eigenvalue weighted by molar-refractivity contribution is 9.10. The number of hydrogen-bond acceptors (Lipinski definition) is 2. The van der Waals surface area contributed by atoms with Crippen LogP contribution < -0.4 is 5.32 Å². The lowest BCUT2D eigenvalue weighted by Crippen LogP contribution is -2.05. The number of aryl methyl sites for hydroxylation is 2. The average Bonchev–Trinajstić information content (AvgIpc) is 2.32. The van der Waals surface area contributed by atoms with E-state index in [2.05, 4.69) is 61.1 Å². The lowest BCUT2D eigenvalue weighted by molar-refractivity contribution is 0.849. The van der Waals surface area contributed by atoms with Gasteiger partial charge in [0.05, 0.1) is 5.52 Å². The van der Waals surface area contributed by atoms with Crippen LogP contribution in [0.15, 0.2) is 16.6 Å². The van der Waals surface area contributed by atoms with Gasteiger partial charge in [-0.05, 0) is 52.9 Å². The fraction of sp³-hybridized carbons (Fsp3) is 0.400. The van der Waals surface area contributed by atoms with Crippen LogP contribution >= 0.6 is 15.9 Å². The van der Waals surface area contributed by atoms with Crippen molar-refractivity contribution < 1.29 is 0 Å². The summed E-state index contributed by atoms with van der Waals surface area (Å²) in [5, 5.41) is 4.59. The number of nitrogens with zero attached hydrogens (tertiary/aromatic N) is 1. The van der Waals surface area contributed by atoms with Gasteiger partial charge in [0.15, 0.2) is 0 Å². The van der Waals surface area contributed by atoms with Crippen molar-refractivity contribution in [1.82, 2.24) is 4.98 Å². The summed E-state index contributed by atoms with van der Waals surface area (Å²) in [5.41, 5.74) is 5.93. The van der Waals surface area contributed by atoms with E-state index >= 15 is 0 Å². The standard InChI is InChI=1S/C15H19BrN2/c1-8(2)12-10(4)18-14-11(16)7-6-9(3)13(14)15(12)17-5/h6-8H,1-5H3,(H,17,18). The van der Waals surface area contributed by atoms with Crippen LogP contribution in [0.3, 0.4) is 0 Å². The highest BCUT2D eigenvalue weighted by Gasteiger charge is 2.17. The quantitative estimate of drug-likeness (QED) is 0.863. The summed E-state index contributed by atoms with van der Waals surface area (Å²) in [4.78, 5) is 4.78. The fourth-order valence-corrected chi connectivity index (χ4v) is 3.02. The topological polar surface area (TPSA) is 24.9 Å². The predicted octanol–water partition coefficient (Wildman–Crippen LogP) is 4.78. The molecule has 18 heavy (non-hydrogen) atoms. The second-order valence-corrected chi connectivity index (χ2v) is 5.83. The number of halogens is 1. The predicted molar refractivity (Wildman–Crippen MR) is 82.6 cm³/mol. The van der Waals surface area contributed by atoms with E-state index in [4.69, 9.17) is 4.98 Å². The normalized spacial score (nSPS) is 11.3. The summed E-state index contributed by atoms with van der Waals surface area (Å²) in [6.07, 6.45) is 0.